The molecule has 0 saturated carbocycles. The van der Waals surface area contributed by atoms with Crippen LogP contribution in [0.2, 0.25) is 0 Å². The Bertz CT molecular complexity index is 534. The molecule has 0 aliphatic rings. The number of hydrogen-bond acceptors (Lipinski definition) is 0. The molecule has 0 unspecified atom stereocenters. The van der Waals surface area contributed by atoms with Crippen LogP contribution in [-0.2, 0) is 0 Å². The molecule has 20 heavy (non-hydrogen) atoms. The number of halogens is 1. The second-order valence-electron chi connectivity index (χ2n) is 7.02. The van der Waals surface area contributed by atoms with Crippen LogP contribution in [0.4, 0.5) is 0 Å². The molecule has 0 radical (unpaired) electrons. The van der Waals surface area contributed by atoms with E-state index in [2.05, 4.69) is 75.0 Å². The SMILES string of the molecule is CC(C)(C)C#[C][Ge]([Cl])([C]#CC(C)(C)C)[c]1ccccc1. The maximum absolute atomic E-state index is 6.92. The van der Waals surface area contributed by atoms with E-state index >= 15 is 0 Å². The monoisotopic (exact) mass is 348 g/mol. The van der Waals surface area contributed by atoms with Gasteiger partial charge < -0.3 is 0 Å². The van der Waals surface area contributed by atoms with Crippen molar-refractivity contribution in [2.24, 2.45) is 10.8 Å². The zero-order chi connectivity index (χ0) is 15.4. The van der Waals surface area contributed by atoms with Gasteiger partial charge in [-0.05, 0) is 0 Å². The first kappa shape index (κ1) is 17.2. The van der Waals surface area contributed by atoms with E-state index in [4.69, 9.17) is 10.0 Å². The molecule has 0 spiro atoms. The Morgan fingerprint density at radius 3 is 1.55 bits per heavy atom. The van der Waals surface area contributed by atoms with Crippen LogP contribution in [0.3, 0.4) is 0 Å². The summed E-state index contributed by atoms with van der Waals surface area (Å²) >= 11 is -3.17. The van der Waals surface area contributed by atoms with Gasteiger partial charge in [-0.3, -0.25) is 0 Å². The summed E-state index contributed by atoms with van der Waals surface area (Å²) in [7, 11) is 6.92. The Kier molecular flexibility index (Phi) is 5.42. The molecule has 0 amide bonds. The summed E-state index contributed by atoms with van der Waals surface area (Å²) in [6.45, 7) is 12.6. The third-order valence-electron chi connectivity index (χ3n) is 2.39. The van der Waals surface area contributed by atoms with Crippen molar-refractivity contribution >= 4 is 26.7 Å². The molecule has 0 aliphatic carbocycles. The predicted octanol–water partition coefficient (Wildman–Crippen LogP) is 4.26. The van der Waals surface area contributed by atoms with E-state index < -0.39 is 12.3 Å². The fourth-order valence-corrected chi connectivity index (χ4v) is 6.94. The summed E-state index contributed by atoms with van der Waals surface area (Å²) in [6, 6.07) is 10.1. The van der Waals surface area contributed by atoms with Crippen LogP contribution in [0.5, 0.6) is 0 Å². The van der Waals surface area contributed by atoms with Crippen LogP contribution in [0, 0.1) is 32.2 Å². The minimum absolute atomic E-state index is 0.0520. The zero-order valence-electron chi connectivity index (χ0n) is 13.3. The normalized spacial score (nSPS) is 11.9. The van der Waals surface area contributed by atoms with E-state index in [1.807, 2.05) is 18.2 Å². The molecule has 0 atom stereocenters. The van der Waals surface area contributed by atoms with Gasteiger partial charge in [-0.2, -0.15) is 0 Å². The number of hydrogen-bond donors (Lipinski definition) is 0. The van der Waals surface area contributed by atoms with Crippen molar-refractivity contribution < 1.29 is 0 Å². The van der Waals surface area contributed by atoms with Crippen LogP contribution in [0.1, 0.15) is 41.5 Å². The summed E-state index contributed by atoms with van der Waals surface area (Å²) in [5.74, 6) is 6.59. The molecule has 106 valence electrons. The Hall–Kier alpha value is -0.827. The van der Waals surface area contributed by atoms with Gasteiger partial charge in [0.25, 0.3) is 0 Å². The summed E-state index contributed by atoms with van der Waals surface area (Å²) in [4.78, 5) is 0. The second kappa shape index (κ2) is 6.30. The van der Waals surface area contributed by atoms with Gasteiger partial charge in [-0.25, -0.2) is 0 Å². The van der Waals surface area contributed by atoms with Crippen molar-refractivity contribution in [2.45, 2.75) is 41.5 Å². The molecule has 0 bridgehead atoms. The molecule has 0 nitrogen and oxygen atoms in total. The van der Waals surface area contributed by atoms with Gasteiger partial charge in [0, 0.05) is 0 Å². The van der Waals surface area contributed by atoms with Crippen LogP contribution in [-0.4, -0.2) is 12.3 Å². The summed E-state index contributed by atoms with van der Waals surface area (Å²) in [5, 5.41) is 0. The van der Waals surface area contributed by atoms with Crippen molar-refractivity contribution in [3.63, 3.8) is 0 Å². The van der Waals surface area contributed by atoms with Crippen LogP contribution in [0.15, 0.2) is 30.3 Å². The van der Waals surface area contributed by atoms with Crippen molar-refractivity contribution in [2.75, 3.05) is 0 Å². The third-order valence-corrected chi connectivity index (χ3v) is 8.85. The van der Waals surface area contributed by atoms with E-state index in [1.54, 1.807) is 0 Å². The zero-order valence-corrected chi connectivity index (χ0v) is 16.1. The first-order valence-electron chi connectivity index (χ1n) is 6.85. The van der Waals surface area contributed by atoms with Crippen molar-refractivity contribution in [1.82, 2.24) is 0 Å². The van der Waals surface area contributed by atoms with E-state index in [0.717, 1.165) is 4.40 Å². The van der Waals surface area contributed by atoms with Gasteiger partial charge in [0.2, 0.25) is 0 Å². The quantitative estimate of drug-likeness (QED) is 0.526. The van der Waals surface area contributed by atoms with Crippen LogP contribution >= 0.6 is 10.0 Å². The summed E-state index contributed by atoms with van der Waals surface area (Å²) in [6.07, 6.45) is 0. The molecular formula is C18H23ClGe. The Morgan fingerprint density at radius 2 is 1.20 bits per heavy atom. The molecule has 2 heteroatoms. The first-order valence-corrected chi connectivity index (χ1v) is 12.8. The third kappa shape index (κ3) is 6.08. The van der Waals surface area contributed by atoms with Gasteiger partial charge in [0.1, 0.15) is 0 Å². The fraction of sp³-hybridized carbons (Fsp3) is 0.444. The van der Waals surface area contributed by atoms with Crippen molar-refractivity contribution in [3.05, 3.63) is 30.3 Å². The molecule has 0 aliphatic heterocycles. The number of rotatable bonds is 1. The van der Waals surface area contributed by atoms with Crippen LogP contribution in [0.25, 0.3) is 0 Å². The van der Waals surface area contributed by atoms with Crippen LogP contribution < -0.4 is 4.40 Å². The maximum atomic E-state index is 6.92. The molecule has 0 N–H and O–H groups in total. The van der Waals surface area contributed by atoms with Crippen molar-refractivity contribution in [3.8, 4) is 21.3 Å². The van der Waals surface area contributed by atoms with E-state index in [9.17, 15) is 0 Å². The molecule has 0 fully saturated rings. The van der Waals surface area contributed by atoms with E-state index in [1.165, 1.54) is 0 Å². The fourth-order valence-electron chi connectivity index (χ4n) is 1.39. The van der Waals surface area contributed by atoms with Gasteiger partial charge in [-0.1, -0.05) is 0 Å². The molecule has 1 aromatic rings. The first-order chi connectivity index (χ1) is 9.02. The Balaban J connectivity index is 3.33. The topological polar surface area (TPSA) is 0 Å². The standard InChI is InChI=1S/C18H23ClGe/c1-17(2,3)12-14-20(19,15-13-18(4,5)6)16-10-8-7-9-11-16/h7-11H,1-6H3. The minimum atomic E-state index is -3.17. The van der Waals surface area contributed by atoms with Gasteiger partial charge in [-0.15, -0.1) is 0 Å². The summed E-state index contributed by atoms with van der Waals surface area (Å²) in [5.41, 5.74) is -0.104. The van der Waals surface area contributed by atoms with Gasteiger partial charge in [0.05, 0.1) is 0 Å². The average molecular weight is 347 g/mol. The molecular weight excluding hydrogens is 324 g/mol. The van der Waals surface area contributed by atoms with Crippen molar-refractivity contribution in [1.29, 1.82) is 0 Å². The Labute approximate surface area is 130 Å². The predicted molar refractivity (Wildman–Crippen MR) is 92.1 cm³/mol. The summed E-state index contributed by atoms with van der Waals surface area (Å²) < 4.78 is 7.82. The molecule has 0 saturated heterocycles. The average Bonchev–Trinajstić information content (AvgIpc) is 2.33. The molecule has 1 aromatic carbocycles. The van der Waals surface area contributed by atoms with E-state index in [-0.39, 0.29) is 10.8 Å². The van der Waals surface area contributed by atoms with E-state index in [0.29, 0.717) is 0 Å². The molecule has 0 aromatic heterocycles. The second-order valence-corrected chi connectivity index (χ2v) is 15.0. The van der Waals surface area contributed by atoms with Gasteiger partial charge >= 0.3 is 131 Å². The molecule has 0 heterocycles. The Morgan fingerprint density at radius 1 is 0.800 bits per heavy atom. The number of benzene rings is 1. The molecule has 1 rings (SSSR count). The van der Waals surface area contributed by atoms with Gasteiger partial charge in [0.15, 0.2) is 0 Å².